The topological polar surface area (TPSA) is 87.7 Å². The van der Waals surface area contributed by atoms with E-state index in [0.717, 1.165) is 99.0 Å². The number of rotatable bonds is 2. The van der Waals surface area contributed by atoms with E-state index in [1.54, 1.807) is 0 Å². The van der Waals surface area contributed by atoms with Gasteiger partial charge in [0.05, 0.1) is 35.1 Å². The Hall–Kier alpha value is -6.54. The summed E-state index contributed by atoms with van der Waals surface area (Å²) in [7, 11) is 0. The molecule has 0 atom stereocenters. The van der Waals surface area contributed by atoms with Crippen molar-refractivity contribution in [2.75, 3.05) is 0 Å². The Bertz CT molecular complexity index is 2740. The first-order valence-electron chi connectivity index (χ1n) is 15.0. The molecule has 11 rings (SSSR count). The summed E-state index contributed by atoms with van der Waals surface area (Å²) in [6.45, 7) is 0. The van der Waals surface area contributed by atoms with Crippen LogP contribution < -0.4 is 0 Å². The largest absolute Gasteiger partial charge is 0.456 e. The molecule has 3 aromatic carbocycles. The Morgan fingerprint density at radius 2 is 0.935 bits per heavy atom. The van der Waals surface area contributed by atoms with Gasteiger partial charge >= 0.3 is 0 Å². The Morgan fingerprint density at radius 3 is 1.52 bits per heavy atom. The van der Waals surface area contributed by atoms with Gasteiger partial charge in [0.1, 0.15) is 28.0 Å². The average molecular weight is 593 g/mol. The number of pyridine rings is 4. The number of nitrogens with zero attached hydrogens (tertiary/aromatic N) is 6. The predicted octanol–water partition coefficient (Wildman–Crippen LogP) is 9.26. The van der Waals surface area contributed by atoms with Gasteiger partial charge in [0.25, 0.3) is 0 Å². The molecule has 8 aromatic heterocycles. The van der Waals surface area contributed by atoms with Crippen molar-refractivity contribution in [3.05, 3.63) is 122 Å². The molecule has 8 nitrogen and oxygen atoms in total. The normalized spacial score (nSPS) is 12.3. The van der Waals surface area contributed by atoms with Crippen LogP contribution in [0, 0.1) is 0 Å². The Labute approximate surface area is 258 Å². The summed E-state index contributed by atoms with van der Waals surface area (Å²) in [5.41, 5.74) is 9.16. The summed E-state index contributed by atoms with van der Waals surface area (Å²) >= 11 is 0. The van der Waals surface area contributed by atoms with Crippen molar-refractivity contribution in [1.82, 2.24) is 29.1 Å². The summed E-state index contributed by atoms with van der Waals surface area (Å²) in [5, 5.41) is 8.52. The fraction of sp³-hybridized carbons (Fsp3) is 0. The van der Waals surface area contributed by atoms with Crippen molar-refractivity contribution >= 4 is 87.6 Å². The molecule has 0 amide bonds. The van der Waals surface area contributed by atoms with Crippen LogP contribution in [0.15, 0.2) is 131 Å². The van der Waals surface area contributed by atoms with Gasteiger partial charge < -0.3 is 13.4 Å². The van der Waals surface area contributed by atoms with E-state index in [2.05, 4.69) is 66.6 Å². The molecule has 0 saturated carbocycles. The van der Waals surface area contributed by atoms with Crippen molar-refractivity contribution in [2.24, 2.45) is 0 Å². The second-order valence-electron chi connectivity index (χ2n) is 11.6. The van der Waals surface area contributed by atoms with Crippen LogP contribution >= 0.6 is 0 Å². The molecule has 0 aliphatic heterocycles. The third-order valence-electron chi connectivity index (χ3n) is 9.25. The Morgan fingerprint density at radius 1 is 0.435 bits per heavy atom. The van der Waals surface area contributed by atoms with Crippen molar-refractivity contribution in [3.8, 4) is 11.4 Å². The van der Waals surface area contributed by atoms with Crippen molar-refractivity contribution in [2.45, 2.75) is 0 Å². The van der Waals surface area contributed by atoms with Gasteiger partial charge in [-0.1, -0.05) is 0 Å². The first-order chi connectivity index (χ1) is 22.8. The van der Waals surface area contributed by atoms with E-state index >= 15 is 0 Å². The Balaban J connectivity index is 1.22. The minimum absolute atomic E-state index is 0.806. The maximum Gasteiger partial charge on any atom is 0.145 e. The summed E-state index contributed by atoms with van der Waals surface area (Å²) in [4.78, 5) is 18.1. The van der Waals surface area contributed by atoms with E-state index in [1.165, 1.54) is 0 Å². The van der Waals surface area contributed by atoms with Crippen LogP contribution in [0.2, 0.25) is 0 Å². The summed E-state index contributed by atoms with van der Waals surface area (Å²) in [6.07, 6.45) is 13.1. The molecule has 11 aromatic rings. The lowest BCUT2D eigenvalue weighted by atomic mass is 10.0. The molecule has 0 aliphatic carbocycles. The molecular formula is C38H20N6O2. The number of hydrogen-bond donors (Lipinski definition) is 0. The Kier molecular flexibility index (Phi) is 4.43. The summed E-state index contributed by atoms with van der Waals surface area (Å²) in [5.74, 6) is 0. The fourth-order valence-electron chi connectivity index (χ4n) is 7.33. The standard InChI is InChI=1S/C38H20N6O2/c1-2-26-25-11-15-41-20-31(25)44(38(26)42-12-1)22-4-6-33-28(17-22)37-35(46-33)8-7-34-36(37)27-16-21(3-5-32(27)45-34)43-29-18-39-13-9-23(29)24-10-14-40-19-30(24)43/h1-20H. The number of fused-ring (bicyclic) bond motifs is 13. The van der Waals surface area contributed by atoms with Gasteiger partial charge in [-0.2, -0.15) is 0 Å². The molecule has 8 heterocycles. The second-order valence-corrected chi connectivity index (χ2v) is 11.6. The van der Waals surface area contributed by atoms with Crippen LogP contribution in [0.25, 0.3) is 99.0 Å². The molecule has 0 saturated heterocycles. The minimum Gasteiger partial charge on any atom is -0.456 e. The van der Waals surface area contributed by atoms with Gasteiger partial charge in [0.2, 0.25) is 0 Å². The maximum atomic E-state index is 6.44. The summed E-state index contributed by atoms with van der Waals surface area (Å²) in [6, 6.07) is 26.9. The predicted molar refractivity (Wildman–Crippen MR) is 181 cm³/mol. The van der Waals surface area contributed by atoms with Gasteiger partial charge in [-0.05, 0) is 78.9 Å². The number of hydrogen-bond acceptors (Lipinski definition) is 6. The smallest absolute Gasteiger partial charge is 0.145 e. The van der Waals surface area contributed by atoms with Crippen LogP contribution in [-0.2, 0) is 0 Å². The van der Waals surface area contributed by atoms with Crippen LogP contribution in [0.3, 0.4) is 0 Å². The van der Waals surface area contributed by atoms with E-state index < -0.39 is 0 Å². The SMILES string of the molecule is c1cnc2c(c1)c1ccncc1n2-c1ccc2oc3ccc4oc5ccc(-n6c7cnccc7c7ccncc76)cc5c4c3c2c1. The molecule has 0 N–H and O–H groups in total. The van der Waals surface area contributed by atoms with Gasteiger partial charge in [-0.25, -0.2) is 4.98 Å². The first-order valence-corrected chi connectivity index (χ1v) is 15.0. The lowest BCUT2D eigenvalue weighted by Gasteiger charge is -2.08. The third kappa shape index (κ3) is 3.02. The average Bonchev–Trinajstić information content (AvgIpc) is 3.85. The molecule has 214 valence electrons. The highest BCUT2D eigenvalue weighted by Gasteiger charge is 2.20. The van der Waals surface area contributed by atoms with Crippen molar-refractivity contribution < 1.29 is 8.83 Å². The van der Waals surface area contributed by atoms with Gasteiger partial charge in [0.15, 0.2) is 0 Å². The maximum absolute atomic E-state index is 6.44. The van der Waals surface area contributed by atoms with E-state index in [1.807, 2.05) is 79.8 Å². The molecule has 8 heteroatoms. The number of furan rings is 2. The zero-order chi connectivity index (χ0) is 29.9. The lowest BCUT2D eigenvalue weighted by molar-refractivity contribution is 0.663. The second kappa shape index (κ2) is 8.55. The highest BCUT2D eigenvalue weighted by molar-refractivity contribution is 6.26. The molecule has 46 heavy (non-hydrogen) atoms. The van der Waals surface area contributed by atoms with Gasteiger partial charge in [-0.3, -0.25) is 19.5 Å². The monoisotopic (exact) mass is 592 g/mol. The molecular weight excluding hydrogens is 572 g/mol. The lowest BCUT2D eigenvalue weighted by Crippen LogP contribution is -1.95. The van der Waals surface area contributed by atoms with Crippen molar-refractivity contribution in [3.63, 3.8) is 0 Å². The molecule has 0 bridgehead atoms. The first kappa shape index (κ1) is 23.9. The van der Waals surface area contributed by atoms with E-state index in [9.17, 15) is 0 Å². The highest BCUT2D eigenvalue weighted by atomic mass is 16.3. The van der Waals surface area contributed by atoms with E-state index in [0.29, 0.717) is 0 Å². The molecule has 0 spiro atoms. The molecule has 0 radical (unpaired) electrons. The van der Waals surface area contributed by atoms with Crippen molar-refractivity contribution in [1.29, 1.82) is 0 Å². The van der Waals surface area contributed by atoms with Gasteiger partial charge in [0, 0.05) is 79.3 Å². The van der Waals surface area contributed by atoms with E-state index in [-0.39, 0.29) is 0 Å². The third-order valence-corrected chi connectivity index (χ3v) is 9.25. The number of aromatic nitrogens is 6. The molecule has 0 unspecified atom stereocenters. The summed E-state index contributed by atoms with van der Waals surface area (Å²) < 4.78 is 17.3. The van der Waals surface area contributed by atoms with Crippen LogP contribution in [-0.4, -0.2) is 29.1 Å². The number of benzene rings is 3. The minimum atomic E-state index is 0.806. The zero-order valence-corrected chi connectivity index (χ0v) is 24.0. The van der Waals surface area contributed by atoms with Gasteiger partial charge in [-0.15, -0.1) is 0 Å². The zero-order valence-electron chi connectivity index (χ0n) is 24.0. The molecule has 0 aliphatic rings. The molecule has 0 fully saturated rings. The van der Waals surface area contributed by atoms with Crippen LogP contribution in [0.1, 0.15) is 0 Å². The highest BCUT2D eigenvalue weighted by Crippen LogP contribution is 2.42. The van der Waals surface area contributed by atoms with Crippen LogP contribution in [0.5, 0.6) is 0 Å². The quantitative estimate of drug-likeness (QED) is 0.199. The fourth-order valence-corrected chi connectivity index (χ4v) is 7.33. The van der Waals surface area contributed by atoms with E-state index in [4.69, 9.17) is 13.8 Å². The van der Waals surface area contributed by atoms with Crippen LogP contribution in [0.4, 0.5) is 0 Å².